The Morgan fingerprint density at radius 3 is 2.62 bits per heavy atom. The number of esters is 1. The molecule has 0 spiro atoms. The van der Waals surface area contributed by atoms with Crippen LogP contribution in [0.1, 0.15) is 15.9 Å². The third-order valence-corrected chi connectivity index (χ3v) is 5.45. The average Bonchev–Trinajstić information content (AvgIpc) is 2.67. The number of thioether (sulfide) groups is 1. The van der Waals surface area contributed by atoms with E-state index in [4.69, 9.17) is 4.74 Å². The number of hydrogen-bond acceptors (Lipinski definition) is 5. The summed E-state index contributed by atoms with van der Waals surface area (Å²) >= 11 is 1.54. The molecule has 1 aliphatic rings. The van der Waals surface area contributed by atoms with E-state index in [9.17, 15) is 14.4 Å². The van der Waals surface area contributed by atoms with Gasteiger partial charge in [0.05, 0.1) is 14.2 Å². The SMILES string of the molecule is CNC(=O)c1ccc(C[NH+](C)CC(=O)N2CCS[C@H](C(=O)OC)C2)cc1. The number of nitrogens with one attached hydrogen (secondary N) is 2. The highest BCUT2D eigenvalue weighted by molar-refractivity contribution is 8.00. The molecule has 7 nitrogen and oxygen atoms in total. The smallest absolute Gasteiger partial charge is 0.320 e. The molecular formula is C18H26N3O4S+. The number of nitrogens with zero attached hydrogens (tertiary/aromatic N) is 1. The number of methoxy groups -OCH3 is 1. The highest BCUT2D eigenvalue weighted by atomic mass is 32.2. The highest BCUT2D eigenvalue weighted by Crippen LogP contribution is 2.19. The second-order valence-corrected chi connectivity index (χ2v) is 7.62. The molecule has 0 bridgehead atoms. The van der Waals surface area contributed by atoms with Crippen LogP contribution in [0, 0.1) is 0 Å². The molecular weight excluding hydrogens is 354 g/mol. The third kappa shape index (κ3) is 5.47. The van der Waals surface area contributed by atoms with Crippen LogP contribution in [0.5, 0.6) is 0 Å². The molecule has 1 heterocycles. The monoisotopic (exact) mass is 380 g/mol. The lowest BCUT2D eigenvalue weighted by Crippen LogP contribution is -3.08. The molecule has 1 unspecified atom stereocenters. The quantitative estimate of drug-likeness (QED) is 0.631. The van der Waals surface area contributed by atoms with Crippen LogP contribution < -0.4 is 10.2 Å². The van der Waals surface area contributed by atoms with Crippen LogP contribution in [0.4, 0.5) is 0 Å². The topological polar surface area (TPSA) is 80.2 Å². The zero-order chi connectivity index (χ0) is 19.1. The van der Waals surface area contributed by atoms with E-state index in [-0.39, 0.29) is 23.0 Å². The number of likely N-dealkylation sites (N-methyl/N-ethyl adjacent to an activating group) is 1. The number of carbonyl (C=O) groups excluding carboxylic acids is 3. The lowest BCUT2D eigenvalue weighted by atomic mass is 10.1. The summed E-state index contributed by atoms with van der Waals surface area (Å²) in [6.07, 6.45) is 0. The van der Waals surface area contributed by atoms with E-state index in [0.29, 0.717) is 31.7 Å². The first kappa shape index (κ1) is 20.3. The Hall–Kier alpha value is -2.06. The minimum absolute atomic E-state index is 0.0404. The first-order valence-corrected chi connectivity index (χ1v) is 9.59. The summed E-state index contributed by atoms with van der Waals surface area (Å²) in [6, 6.07) is 7.38. The summed E-state index contributed by atoms with van der Waals surface area (Å²) < 4.78 is 4.78. The number of amides is 2. The van der Waals surface area contributed by atoms with Crippen molar-refractivity contribution in [3.05, 3.63) is 35.4 Å². The van der Waals surface area contributed by atoms with Gasteiger partial charge in [-0.25, -0.2) is 0 Å². The third-order valence-electron chi connectivity index (χ3n) is 4.29. The molecule has 1 aliphatic heterocycles. The fourth-order valence-electron chi connectivity index (χ4n) is 2.85. The normalized spacial score (nSPS) is 18.1. The summed E-state index contributed by atoms with van der Waals surface area (Å²) in [5.74, 6) is 0.393. The predicted octanol–water partition coefficient (Wildman–Crippen LogP) is -0.822. The number of carbonyl (C=O) groups is 3. The van der Waals surface area contributed by atoms with Gasteiger partial charge in [0.1, 0.15) is 11.8 Å². The van der Waals surface area contributed by atoms with E-state index in [0.717, 1.165) is 16.2 Å². The van der Waals surface area contributed by atoms with Gasteiger partial charge in [-0.1, -0.05) is 12.1 Å². The van der Waals surface area contributed by atoms with Crippen molar-refractivity contribution in [1.29, 1.82) is 0 Å². The van der Waals surface area contributed by atoms with Crippen molar-refractivity contribution in [2.45, 2.75) is 11.8 Å². The summed E-state index contributed by atoms with van der Waals surface area (Å²) in [5.41, 5.74) is 1.68. The molecule has 0 saturated carbocycles. The van der Waals surface area contributed by atoms with Crippen molar-refractivity contribution >= 4 is 29.5 Å². The van der Waals surface area contributed by atoms with Crippen molar-refractivity contribution in [3.63, 3.8) is 0 Å². The van der Waals surface area contributed by atoms with E-state index in [1.807, 2.05) is 19.2 Å². The summed E-state index contributed by atoms with van der Waals surface area (Å²) in [6.45, 7) is 2.11. The van der Waals surface area contributed by atoms with E-state index >= 15 is 0 Å². The first-order valence-electron chi connectivity index (χ1n) is 8.54. The zero-order valence-electron chi connectivity index (χ0n) is 15.4. The van der Waals surface area contributed by atoms with Gasteiger partial charge in [0.15, 0.2) is 6.54 Å². The number of ether oxygens (including phenoxy) is 1. The number of benzene rings is 1. The molecule has 1 aromatic carbocycles. The largest absolute Gasteiger partial charge is 0.468 e. The van der Waals surface area contributed by atoms with Crippen LogP contribution in [0.25, 0.3) is 0 Å². The first-order chi connectivity index (χ1) is 12.4. The lowest BCUT2D eigenvalue weighted by Gasteiger charge is -2.31. The van der Waals surface area contributed by atoms with Crippen molar-refractivity contribution in [2.75, 3.05) is 46.6 Å². The van der Waals surface area contributed by atoms with Crippen molar-refractivity contribution in [1.82, 2.24) is 10.2 Å². The molecule has 1 fully saturated rings. The lowest BCUT2D eigenvalue weighted by molar-refractivity contribution is -0.885. The molecule has 2 N–H and O–H groups in total. The second kappa shape index (κ2) is 9.59. The molecule has 2 atom stereocenters. The maximum atomic E-state index is 12.5. The summed E-state index contributed by atoms with van der Waals surface area (Å²) in [4.78, 5) is 38.6. The van der Waals surface area contributed by atoms with Crippen molar-refractivity contribution in [2.24, 2.45) is 0 Å². The van der Waals surface area contributed by atoms with Crippen LogP contribution in [-0.4, -0.2) is 74.5 Å². The molecule has 1 aromatic rings. The van der Waals surface area contributed by atoms with Gasteiger partial charge in [-0.15, -0.1) is 11.8 Å². The van der Waals surface area contributed by atoms with Crippen LogP contribution in [-0.2, 0) is 20.9 Å². The second-order valence-electron chi connectivity index (χ2n) is 6.31. The Morgan fingerprint density at radius 1 is 1.31 bits per heavy atom. The fourth-order valence-corrected chi connectivity index (χ4v) is 3.98. The van der Waals surface area contributed by atoms with Gasteiger partial charge in [-0.05, 0) is 12.1 Å². The van der Waals surface area contributed by atoms with Crippen LogP contribution in [0.2, 0.25) is 0 Å². The van der Waals surface area contributed by atoms with E-state index < -0.39 is 0 Å². The van der Waals surface area contributed by atoms with Gasteiger partial charge in [0.2, 0.25) is 0 Å². The highest BCUT2D eigenvalue weighted by Gasteiger charge is 2.30. The molecule has 2 amide bonds. The standard InChI is InChI=1S/C18H25N3O4S/c1-19-17(23)14-6-4-13(5-7-14)10-20(2)12-16(22)21-8-9-26-15(11-21)18(24)25-3/h4-7,15H,8-12H2,1-3H3,(H,19,23)/p+1/t15-/m0/s1. The van der Waals surface area contributed by atoms with Gasteiger partial charge in [0, 0.05) is 37.0 Å². The molecule has 142 valence electrons. The fraction of sp³-hybridized carbons (Fsp3) is 0.500. The zero-order valence-corrected chi connectivity index (χ0v) is 16.2. The summed E-state index contributed by atoms with van der Waals surface area (Å²) in [5, 5.41) is 2.29. The maximum absolute atomic E-state index is 12.5. The summed E-state index contributed by atoms with van der Waals surface area (Å²) in [7, 11) is 4.93. The van der Waals surface area contributed by atoms with E-state index in [2.05, 4.69) is 5.32 Å². The van der Waals surface area contributed by atoms with Crippen molar-refractivity contribution in [3.8, 4) is 0 Å². The number of hydrogen-bond donors (Lipinski definition) is 2. The van der Waals surface area contributed by atoms with Crippen LogP contribution in [0.15, 0.2) is 24.3 Å². The Kier molecular flexibility index (Phi) is 7.47. The van der Waals surface area contributed by atoms with Crippen LogP contribution in [0.3, 0.4) is 0 Å². The van der Waals surface area contributed by atoms with Gasteiger partial charge in [0.25, 0.3) is 11.8 Å². The molecule has 0 aliphatic carbocycles. The molecule has 0 aromatic heterocycles. The maximum Gasteiger partial charge on any atom is 0.320 e. The molecule has 2 rings (SSSR count). The van der Waals surface area contributed by atoms with Gasteiger partial charge < -0.3 is 19.9 Å². The van der Waals surface area contributed by atoms with E-state index in [1.54, 1.807) is 24.1 Å². The molecule has 26 heavy (non-hydrogen) atoms. The Balaban J connectivity index is 1.86. The minimum Gasteiger partial charge on any atom is -0.468 e. The van der Waals surface area contributed by atoms with Crippen LogP contribution >= 0.6 is 11.8 Å². The van der Waals surface area contributed by atoms with Gasteiger partial charge >= 0.3 is 5.97 Å². The van der Waals surface area contributed by atoms with Gasteiger partial charge in [-0.2, -0.15) is 0 Å². The number of quaternary nitrogens is 1. The van der Waals surface area contributed by atoms with E-state index in [1.165, 1.54) is 18.9 Å². The molecule has 1 saturated heterocycles. The molecule has 8 heteroatoms. The average molecular weight is 380 g/mol. The molecule has 0 radical (unpaired) electrons. The Morgan fingerprint density at radius 2 is 2.00 bits per heavy atom. The predicted molar refractivity (Wildman–Crippen MR) is 100 cm³/mol. The Labute approximate surface area is 158 Å². The minimum atomic E-state index is -0.296. The Bertz CT molecular complexity index is 650. The van der Waals surface area contributed by atoms with Crippen molar-refractivity contribution < 1.29 is 24.0 Å². The van der Waals surface area contributed by atoms with Gasteiger partial charge in [-0.3, -0.25) is 14.4 Å². The number of rotatable bonds is 6.